The first-order valence-corrected chi connectivity index (χ1v) is 5.55. The number of ketones is 1. The summed E-state index contributed by atoms with van der Waals surface area (Å²) >= 11 is 9.15. The van der Waals surface area contributed by atoms with Crippen molar-refractivity contribution in [3.05, 3.63) is 33.6 Å². The molecule has 2 rings (SSSR count). The fourth-order valence-electron chi connectivity index (χ4n) is 1.12. The minimum atomic E-state index is -0.258. The first-order valence-electron chi connectivity index (χ1n) is 4.38. The zero-order chi connectivity index (χ0) is 11.7. The smallest absolute Gasteiger partial charge is 0.294 e. The van der Waals surface area contributed by atoms with E-state index in [1.54, 1.807) is 18.2 Å². The number of Topliss-reactive ketones (excluding diaryl/α,β-unsaturated/α-hetero) is 1. The van der Waals surface area contributed by atoms with Gasteiger partial charge in [0.1, 0.15) is 0 Å². The molecule has 0 atom stereocenters. The summed E-state index contributed by atoms with van der Waals surface area (Å²) in [6.07, 6.45) is 0. The Labute approximate surface area is 105 Å². The monoisotopic (exact) mass is 300 g/mol. The van der Waals surface area contributed by atoms with Gasteiger partial charge in [-0.25, -0.2) is 0 Å². The highest BCUT2D eigenvalue weighted by Crippen LogP contribution is 2.27. The van der Waals surface area contributed by atoms with Crippen molar-refractivity contribution in [3.63, 3.8) is 0 Å². The highest BCUT2D eigenvalue weighted by molar-refractivity contribution is 9.10. The molecule has 0 bridgehead atoms. The van der Waals surface area contributed by atoms with Crippen molar-refractivity contribution in [3.8, 4) is 11.4 Å². The normalized spacial score (nSPS) is 10.4. The lowest BCUT2D eigenvalue weighted by molar-refractivity contribution is 0.0972. The summed E-state index contributed by atoms with van der Waals surface area (Å²) in [7, 11) is 0. The Morgan fingerprint density at radius 1 is 1.50 bits per heavy atom. The van der Waals surface area contributed by atoms with Gasteiger partial charge in [-0.1, -0.05) is 16.8 Å². The van der Waals surface area contributed by atoms with E-state index in [4.69, 9.17) is 16.1 Å². The molecule has 1 aromatic carbocycles. The molecule has 0 radical (unpaired) electrons. The lowest BCUT2D eigenvalue weighted by Crippen LogP contribution is -1.91. The zero-order valence-electron chi connectivity index (χ0n) is 8.20. The molecule has 1 aromatic heterocycles. The molecular weight excluding hydrogens is 295 g/mol. The van der Waals surface area contributed by atoms with Gasteiger partial charge in [0.2, 0.25) is 11.6 Å². The second-order valence-electron chi connectivity index (χ2n) is 3.11. The first-order chi connectivity index (χ1) is 7.58. The summed E-state index contributed by atoms with van der Waals surface area (Å²) in [6, 6.07) is 5.23. The lowest BCUT2D eigenvalue weighted by Gasteiger charge is -1.97. The van der Waals surface area contributed by atoms with E-state index in [1.165, 1.54) is 6.92 Å². The second kappa shape index (κ2) is 4.35. The number of carbonyl (C=O) groups is 1. The van der Waals surface area contributed by atoms with Gasteiger partial charge >= 0.3 is 0 Å². The van der Waals surface area contributed by atoms with Crippen molar-refractivity contribution < 1.29 is 9.32 Å². The van der Waals surface area contributed by atoms with E-state index in [1.807, 2.05) is 0 Å². The summed E-state index contributed by atoms with van der Waals surface area (Å²) in [4.78, 5) is 14.9. The van der Waals surface area contributed by atoms with Gasteiger partial charge in [-0.05, 0) is 34.1 Å². The summed E-state index contributed by atoms with van der Waals surface area (Å²) in [5.41, 5.74) is 0.729. The molecule has 0 saturated heterocycles. The number of aromatic nitrogens is 2. The molecule has 4 nitrogen and oxygen atoms in total. The van der Waals surface area contributed by atoms with Gasteiger partial charge in [0.25, 0.3) is 5.89 Å². The van der Waals surface area contributed by atoms with Gasteiger partial charge in [-0.2, -0.15) is 4.98 Å². The predicted octanol–water partition coefficient (Wildman–Crippen LogP) is 3.36. The fraction of sp³-hybridized carbons (Fsp3) is 0.100. The summed E-state index contributed by atoms with van der Waals surface area (Å²) in [5, 5.41) is 4.30. The Morgan fingerprint density at radius 3 is 2.81 bits per heavy atom. The maximum atomic E-state index is 11.0. The third kappa shape index (κ3) is 2.15. The molecule has 2 aromatic rings. The largest absolute Gasteiger partial charge is 0.330 e. The van der Waals surface area contributed by atoms with E-state index in [-0.39, 0.29) is 11.7 Å². The number of halogens is 2. The molecule has 6 heteroatoms. The minimum Gasteiger partial charge on any atom is -0.330 e. The van der Waals surface area contributed by atoms with E-state index in [0.717, 1.165) is 10.0 Å². The summed E-state index contributed by atoms with van der Waals surface area (Å²) in [6.45, 7) is 1.37. The lowest BCUT2D eigenvalue weighted by atomic mass is 10.2. The van der Waals surface area contributed by atoms with Crippen LogP contribution in [0.4, 0.5) is 0 Å². The van der Waals surface area contributed by atoms with Crippen LogP contribution in [-0.4, -0.2) is 15.9 Å². The fourth-order valence-corrected chi connectivity index (χ4v) is 1.62. The van der Waals surface area contributed by atoms with Gasteiger partial charge in [-0.15, -0.1) is 0 Å². The van der Waals surface area contributed by atoms with Gasteiger partial charge in [0, 0.05) is 17.0 Å². The van der Waals surface area contributed by atoms with Crippen molar-refractivity contribution >= 4 is 33.3 Å². The van der Waals surface area contributed by atoms with E-state index >= 15 is 0 Å². The summed E-state index contributed by atoms with van der Waals surface area (Å²) in [5.74, 6) is 0.107. The maximum Gasteiger partial charge on any atom is 0.294 e. The highest BCUT2D eigenvalue weighted by atomic mass is 79.9. The van der Waals surface area contributed by atoms with Crippen LogP contribution in [0.2, 0.25) is 5.02 Å². The van der Waals surface area contributed by atoms with Crippen LogP contribution in [0.5, 0.6) is 0 Å². The molecule has 0 spiro atoms. The third-order valence-electron chi connectivity index (χ3n) is 1.91. The van der Waals surface area contributed by atoms with Crippen LogP contribution < -0.4 is 0 Å². The minimum absolute atomic E-state index is 0.000993. The molecule has 16 heavy (non-hydrogen) atoms. The molecule has 0 N–H and O–H groups in total. The van der Waals surface area contributed by atoms with Crippen LogP contribution in [0.15, 0.2) is 27.2 Å². The third-order valence-corrected chi connectivity index (χ3v) is 3.12. The van der Waals surface area contributed by atoms with Crippen molar-refractivity contribution in [1.29, 1.82) is 0 Å². The maximum absolute atomic E-state index is 11.0. The highest BCUT2D eigenvalue weighted by Gasteiger charge is 2.12. The summed E-state index contributed by atoms with van der Waals surface area (Å²) < 4.78 is 5.53. The van der Waals surface area contributed by atoms with E-state index in [9.17, 15) is 4.79 Å². The van der Waals surface area contributed by atoms with Crippen LogP contribution in [0.25, 0.3) is 11.4 Å². The topological polar surface area (TPSA) is 56.0 Å². The number of carbonyl (C=O) groups excluding carboxylic acids is 1. The van der Waals surface area contributed by atoms with Crippen LogP contribution in [0.1, 0.15) is 17.6 Å². The Hall–Kier alpha value is -1.20. The van der Waals surface area contributed by atoms with Crippen molar-refractivity contribution in [2.75, 3.05) is 0 Å². The number of hydrogen-bond acceptors (Lipinski definition) is 4. The molecule has 0 aliphatic heterocycles. The van der Waals surface area contributed by atoms with E-state index < -0.39 is 0 Å². The molecule has 0 aliphatic rings. The Balaban J connectivity index is 2.42. The van der Waals surface area contributed by atoms with Crippen LogP contribution >= 0.6 is 27.5 Å². The molecule has 0 amide bonds. The average molecular weight is 302 g/mol. The van der Waals surface area contributed by atoms with Crippen molar-refractivity contribution in [2.45, 2.75) is 6.92 Å². The van der Waals surface area contributed by atoms with E-state index in [2.05, 4.69) is 26.1 Å². The van der Waals surface area contributed by atoms with Crippen LogP contribution in [0.3, 0.4) is 0 Å². The van der Waals surface area contributed by atoms with Gasteiger partial charge in [0.15, 0.2) is 0 Å². The average Bonchev–Trinajstić information content (AvgIpc) is 2.71. The Bertz CT molecular complexity index is 554. The zero-order valence-corrected chi connectivity index (χ0v) is 10.5. The molecule has 0 fully saturated rings. The molecule has 0 unspecified atom stereocenters. The number of benzene rings is 1. The van der Waals surface area contributed by atoms with E-state index in [0.29, 0.717) is 10.8 Å². The standard InChI is InChI=1S/C10H6BrClN2O2/c1-5(15)10-13-9(14-16-10)6-2-3-8(12)7(11)4-6/h2-4H,1H3. The SMILES string of the molecule is CC(=O)c1nc(-c2ccc(Cl)c(Br)c2)no1. The van der Waals surface area contributed by atoms with Crippen molar-refractivity contribution in [1.82, 2.24) is 10.1 Å². The first kappa shape index (κ1) is 11.3. The van der Waals surface area contributed by atoms with Gasteiger partial charge in [0.05, 0.1) is 5.02 Å². The quantitative estimate of drug-likeness (QED) is 0.798. The number of rotatable bonds is 2. The molecule has 0 aliphatic carbocycles. The van der Waals surface area contributed by atoms with Crippen LogP contribution in [0, 0.1) is 0 Å². The molecular formula is C10H6BrClN2O2. The van der Waals surface area contributed by atoms with Gasteiger partial charge < -0.3 is 4.52 Å². The van der Waals surface area contributed by atoms with Crippen LogP contribution in [-0.2, 0) is 0 Å². The molecule has 82 valence electrons. The number of hydrogen-bond donors (Lipinski definition) is 0. The Morgan fingerprint density at radius 2 is 2.25 bits per heavy atom. The predicted molar refractivity (Wildman–Crippen MR) is 62.4 cm³/mol. The molecule has 0 saturated carbocycles. The Kier molecular flexibility index (Phi) is 3.07. The van der Waals surface area contributed by atoms with Crippen molar-refractivity contribution in [2.24, 2.45) is 0 Å². The van der Waals surface area contributed by atoms with Gasteiger partial charge in [-0.3, -0.25) is 4.79 Å². The second-order valence-corrected chi connectivity index (χ2v) is 4.37. The molecule has 1 heterocycles. The number of nitrogens with zero attached hydrogens (tertiary/aromatic N) is 2.